The maximum atomic E-state index is 8.97. The van der Waals surface area contributed by atoms with Crippen LogP contribution in [0, 0.1) is 18.3 Å². The number of para-hydroxylation sites is 2. The number of ether oxygens (including phenoxy) is 1. The minimum Gasteiger partial charge on any atom is -0.494 e. The minimum absolute atomic E-state index is 0.328. The van der Waals surface area contributed by atoms with Crippen LogP contribution in [0.1, 0.15) is 11.3 Å². The summed E-state index contributed by atoms with van der Waals surface area (Å²) in [6, 6.07) is 9.42. The van der Waals surface area contributed by atoms with Crippen LogP contribution in [0.3, 0.4) is 0 Å². The number of nitriles is 1. The number of hydrogen-bond acceptors (Lipinski definition) is 4. The third kappa shape index (κ3) is 1.70. The first-order valence-electron chi connectivity index (χ1n) is 5.07. The SMILES string of the molecule is COc1ccccc1-n1nc(C)c(C#N)c1N. The number of aryl methyl sites for hydroxylation is 1. The van der Waals surface area contributed by atoms with Crippen molar-refractivity contribution in [2.75, 3.05) is 12.8 Å². The van der Waals surface area contributed by atoms with Gasteiger partial charge in [-0.25, -0.2) is 4.68 Å². The summed E-state index contributed by atoms with van der Waals surface area (Å²) in [5, 5.41) is 13.2. The average Bonchev–Trinajstić information content (AvgIpc) is 2.64. The molecular weight excluding hydrogens is 216 g/mol. The number of nitrogens with two attached hydrogens (primary N) is 1. The fourth-order valence-corrected chi connectivity index (χ4v) is 1.67. The van der Waals surface area contributed by atoms with Gasteiger partial charge in [-0.05, 0) is 19.1 Å². The van der Waals surface area contributed by atoms with Crippen LogP contribution >= 0.6 is 0 Å². The number of rotatable bonds is 2. The number of nitrogen functional groups attached to an aromatic ring is 1. The minimum atomic E-state index is 0.328. The molecule has 5 heteroatoms. The van der Waals surface area contributed by atoms with E-state index in [-0.39, 0.29) is 0 Å². The molecule has 0 spiro atoms. The quantitative estimate of drug-likeness (QED) is 0.847. The molecule has 0 bridgehead atoms. The van der Waals surface area contributed by atoms with E-state index >= 15 is 0 Å². The molecule has 2 rings (SSSR count). The molecule has 0 aliphatic carbocycles. The first-order valence-corrected chi connectivity index (χ1v) is 5.07. The number of methoxy groups -OCH3 is 1. The highest BCUT2D eigenvalue weighted by Gasteiger charge is 2.15. The predicted octanol–water partition coefficient (Wildman–Crippen LogP) is 1.64. The average molecular weight is 228 g/mol. The van der Waals surface area contributed by atoms with Gasteiger partial charge in [-0.15, -0.1) is 0 Å². The molecular formula is C12H12N4O. The Kier molecular flexibility index (Phi) is 2.71. The van der Waals surface area contributed by atoms with Crippen LogP contribution in [0.2, 0.25) is 0 Å². The zero-order valence-electron chi connectivity index (χ0n) is 9.64. The van der Waals surface area contributed by atoms with Crippen molar-refractivity contribution < 1.29 is 4.74 Å². The lowest BCUT2D eigenvalue weighted by atomic mass is 10.2. The van der Waals surface area contributed by atoms with E-state index in [0.717, 1.165) is 5.69 Å². The summed E-state index contributed by atoms with van der Waals surface area (Å²) in [5.74, 6) is 0.987. The second-order valence-electron chi connectivity index (χ2n) is 3.54. The normalized spacial score (nSPS) is 9.94. The molecule has 5 nitrogen and oxygen atoms in total. The molecule has 17 heavy (non-hydrogen) atoms. The van der Waals surface area contributed by atoms with Crippen molar-refractivity contribution in [3.8, 4) is 17.5 Å². The van der Waals surface area contributed by atoms with E-state index < -0.39 is 0 Å². The van der Waals surface area contributed by atoms with E-state index in [1.165, 1.54) is 4.68 Å². The zero-order chi connectivity index (χ0) is 12.4. The molecule has 1 heterocycles. The van der Waals surface area contributed by atoms with Crippen LogP contribution in [0.4, 0.5) is 5.82 Å². The molecule has 0 aliphatic heterocycles. The molecule has 0 fully saturated rings. The van der Waals surface area contributed by atoms with Gasteiger partial charge in [0.15, 0.2) is 0 Å². The monoisotopic (exact) mass is 228 g/mol. The van der Waals surface area contributed by atoms with Gasteiger partial charge in [0.25, 0.3) is 0 Å². The molecule has 2 N–H and O–H groups in total. The Balaban J connectivity index is 2.66. The van der Waals surface area contributed by atoms with Crippen molar-refractivity contribution in [3.63, 3.8) is 0 Å². The van der Waals surface area contributed by atoms with Crippen LogP contribution in [0.5, 0.6) is 5.75 Å². The molecule has 0 saturated carbocycles. The molecule has 86 valence electrons. The van der Waals surface area contributed by atoms with E-state index in [0.29, 0.717) is 22.8 Å². The second kappa shape index (κ2) is 4.18. The fourth-order valence-electron chi connectivity index (χ4n) is 1.67. The Bertz CT molecular complexity index is 595. The number of nitrogens with zero attached hydrogens (tertiary/aromatic N) is 3. The van der Waals surface area contributed by atoms with Crippen molar-refractivity contribution in [2.24, 2.45) is 0 Å². The van der Waals surface area contributed by atoms with E-state index in [1.807, 2.05) is 30.3 Å². The standard InChI is InChI=1S/C12H12N4O/c1-8-9(7-13)12(14)16(15-8)10-5-3-4-6-11(10)17-2/h3-6H,14H2,1-2H3. The van der Waals surface area contributed by atoms with Gasteiger partial charge in [0, 0.05) is 0 Å². The Labute approximate surface area is 99.0 Å². The summed E-state index contributed by atoms with van der Waals surface area (Å²) in [7, 11) is 1.58. The number of hydrogen-bond donors (Lipinski definition) is 1. The van der Waals surface area contributed by atoms with E-state index in [2.05, 4.69) is 5.10 Å². The summed E-state index contributed by atoms with van der Waals surface area (Å²) >= 11 is 0. The molecule has 0 radical (unpaired) electrons. The Morgan fingerprint density at radius 3 is 2.71 bits per heavy atom. The summed E-state index contributed by atoms with van der Waals surface area (Å²) in [4.78, 5) is 0. The van der Waals surface area contributed by atoms with Gasteiger partial charge < -0.3 is 10.5 Å². The largest absolute Gasteiger partial charge is 0.494 e. The maximum Gasteiger partial charge on any atom is 0.145 e. The Morgan fingerprint density at radius 1 is 1.41 bits per heavy atom. The molecule has 2 aromatic rings. The van der Waals surface area contributed by atoms with Crippen molar-refractivity contribution in [2.45, 2.75) is 6.92 Å². The van der Waals surface area contributed by atoms with Gasteiger partial charge in [0.1, 0.15) is 28.9 Å². The Hall–Kier alpha value is -2.48. The van der Waals surface area contributed by atoms with Gasteiger partial charge in [0.05, 0.1) is 12.8 Å². The summed E-state index contributed by atoms with van der Waals surface area (Å²) in [6.45, 7) is 1.75. The molecule has 0 amide bonds. The van der Waals surface area contributed by atoms with Crippen molar-refractivity contribution >= 4 is 5.82 Å². The topological polar surface area (TPSA) is 76.9 Å². The summed E-state index contributed by atoms with van der Waals surface area (Å²) < 4.78 is 6.76. The molecule has 1 aromatic carbocycles. The van der Waals surface area contributed by atoms with Crippen LogP contribution < -0.4 is 10.5 Å². The summed E-state index contributed by atoms with van der Waals surface area (Å²) in [5.41, 5.74) is 7.62. The van der Waals surface area contributed by atoms with Crippen molar-refractivity contribution in [1.29, 1.82) is 5.26 Å². The van der Waals surface area contributed by atoms with Gasteiger partial charge in [-0.1, -0.05) is 12.1 Å². The lowest BCUT2D eigenvalue weighted by Crippen LogP contribution is -2.04. The zero-order valence-corrected chi connectivity index (χ0v) is 9.64. The third-order valence-corrected chi connectivity index (χ3v) is 2.52. The van der Waals surface area contributed by atoms with E-state index in [4.69, 9.17) is 15.7 Å². The van der Waals surface area contributed by atoms with Gasteiger partial charge in [-0.3, -0.25) is 0 Å². The maximum absolute atomic E-state index is 8.97. The summed E-state index contributed by atoms with van der Waals surface area (Å²) in [6.07, 6.45) is 0. The van der Waals surface area contributed by atoms with Crippen LogP contribution in [-0.4, -0.2) is 16.9 Å². The van der Waals surface area contributed by atoms with E-state index in [9.17, 15) is 0 Å². The predicted molar refractivity (Wildman–Crippen MR) is 64.0 cm³/mol. The van der Waals surface area contributed by atoms with Crippen molar-refractivity contribution in [3.05, 3.63) is 35.5 Å². The molecule has 0 saturated heterocycles. The van der Waals surface area contributed by atoms with Crippen molar-refractivity contribution in [1.82, 2.24) is 9.78 Å². The second-order valence-corrected chi connectivity index (χ2v) is 3.54. The van der Waals surface area contributed by atoms with Gasteiger partial charge in [0.2, 0.25) is 0 Å². The lowest BCUT2D eigenvalue weighted by molar-refractivity contribution is 0.412. The van der Waals surface area contributed by atoms with Crippen LogP contribution in [-0.2, 0) is 0 Å². The van der Waals surface area contributed by atoms with Crippen LogP contribution in [0.15, 0.2) is 24.3 Å². The first kappa shape index (κ1) is 11.0. The highest BCUT2D eigenvalue weighted by molar-refractivity contribution is 5.58. The number of benzene rings is 1. The smallest absolute Gasteiger partial charge is 0.145 e. The first-order chi connectivity index (χ1) is 8.19. The third-order valence-electron chi connectivity index (χ3n) is 2.52. The Morgan fingerprint density at radius 2 is 2.12 bits per heavy atom. The lowest BCUT2D eigenvalue weighted by Gasteiger charge is -2.09. The molecule has 0 atom stereocenters. The molecule has 1 aromatic heterocycles. The fraction of sp³-hybridized carbons (Fsp3) is 0.167. The van der Waals surface area contributed by atoms with Gasteiger partial charge in [-0.2, -0.15) is 10.4 Å². The van der Waals surface area contributed by atoms with E-state index in [1.54, 1.807) is 14.0 Å². The molecule has 0 aliphatic rings. The highest BCUT2D eigenvalue weighted by atomic mass is 16.5. The van der Waals surface area contributed by atoms with Crippen LogP contribution in [0.25, 0.3) is 5.69 Å². The number of aromatic nitrogens is 2. The highest BCUT2D eigenvalue weighted by Crippen LogP contribution is 2.26. The molecule has 0 unspecified atom stereocenters. The van der Waals surface area contributed by atoms with Gasteiger partial charge >= 0.3 is 0 Å². The number of anilines is 1.